The predicted octanol–water partition coefficient (Wildman–Crippen LogP) is 5.24. The van der Waals surface area contributed by atoms with Crippen LogP contribution >= 0.6 is 24.2 Å². The van der Waals surface area contributed by atoms with Gasteiger partial charge in [-0.2, -0.15) is 17.9 Å². The van der Waals surface area contributed by atoms with E-state index in [0.29, 0.717) is 24.4 Å². The summed E-state index contributed by atoms with van der Waals surface area (Å²) in [4.78, 5) is 8.22. The Kier molecular flexibility index (Phi) is 5.54. The van der Waals surface area contributed by atoms with E-state index in [9.17, 15) is 5.26 Å². The van der Waals surface area contributed by atoms with Gasteiger partial charge in [-0.25, -0.2) is 9.97 Å². The van der Waals surface area contributed by atoms with Crippen molar-refractivity contribution in [3.8, 4) is 17.3 Å². The number of anilines is 1. The first-order chi connectivity index (χ1) is 13.0. The molecule has 0 radical (unpaired) electrons. The van der Waals surface area contributed by atoms with Gasteiger partial charge in [-0.3, -0.25) is 0 Å². The molecule has 5 nitrogen and oxygen atoms in total. The number of halogens is 1. The molecule has 1 N–H and O–H groups in total. The highest BCUT2D eigenvalue weighted by Gasteiger charge is 2.43. The van der Waals surface area contributed by atoms with Gasteiger partial charge in [0.2, 0.25) is 5.28 Å². The van der Waals surface area contributed by atoms with Crippen LogP contribution in [-0.4, -0.2) is 31.4 Å². The first-order valence-electron chi connectivity index (χ1n) is 9.15. The van der Waals surface area contributed by atoms with E-state index in [2.05, 4.69) is 55.2 Å². The zero-order valence-electron chi connectivity index (χ0n) is 16.8. The van der Waals surface area contributed by atoms with Gasteiger partial charge in [0.15, 0.2) is 8.32 Å². The molecule has 2 aromatic rings. The van der Waals surface area contributed by atoms with Crippen LogP contribution < -0.4 is 5.32 Å². The van der Waals surface area contributed by atoms with Crippen molar-refractivity contribution in [1.29, 1.82) is 5.26 Å². The van der Waals surface area contributed by atoms with Crippen LogP contribution in [-0.2, 0) is 9.17 Å². The zero-order valence-corrected chi connectivity index (χ0v) is 19.4. The molecule has 3 rings (SSSR count). The molecule has 8 heteroatoms. The Hall–Kier alpha value is -1.59. The molecule has 0 fully saturated rings. The fourth-order valence-corrected chi connectivity index (χ4v) is 4.54. The summed E-state index contributed by atoms with van der Waals surface area (Å²) in [5, 5.41) is 13.3. The van der Waals surface area contributed by atoms with E-state index in [-0.39, 0.29) is 10.3 Å². The number of thiol groups is 1. The third-order valence-electron chi connectivity index (χ3n) is 5.72. The number of hydrogen-bond acceptors (Lipinski definition) is 6. The molecule has 1 atom stereocenters. The van der Waals surface area contributed by atoms with Gasteiger partial charge in [-0.15, -0.1) is 0 Å². The third-order valence-corrected chi connectivity index (χ3v) is 10.9. The van der Waals surface area contributed by atoms with Crippen molar-refractivity contribution in [2.45, 2.75) is 43.7 Å². The molecule has 148 valence electrons. The average Bonchev–Trinajstić information content (AvgIpc) is 2.96. The van der Waals surface area contributed by atoms with Crippen LogP contribution in [0, 0.1) is 11.3 Å². The monoisotopic (exact) mass is 432 g/mol. The Bertz CT molecular complexity index is 954. The number of nitriles is 1. The van der Waals surface area contributed by atoms with Gasteiger partial charge in [-0.1, -0.05) is 20.8 Å². The van der Waals surface area contributed by atoms with Crippen LogP contribution in [0.25, 0.3) is 11.3 Å². The number of nitrogens with zero attached hydrogens (tertiary/aromatic N) is 3. The van der Waals surface area contributed by atoms with Crippen molar-refractivity contribution >= 4 is 38.2 Å². The summed E-state index contributed by atoms with van der Waals surface area (Å²) in [6.07, 6.45) is 1.61. The Balaban J connectivity index is 2.01. The number of rotatable bonds is 4. The molecule has 2 heterocycles. The Labute approximate surface area is 178 Å². The van der Waals surface area contributed by atoms with Crippen LogP contribution in [0.1, 0.15) is 31.9 Å². The number of benzene rings is 1. The minimum atomic E-state index is -1.93. The topological polar surface area (TPSA) is 70.8 Å². The van der Waals surface area contributed by atoms with E-state index in [1.54, 1.807) is 12.3 Å². The molecule has 28 heavy (non-hydrogen) atoms. The van der Waals surface area contributed by atoms with Gasteiger partial charge < -0.3 is 9.74 Å². The second-order valence-corrected chi connectivity index (χ2v) is 14.7. The molecule has 1 unspecified atom stereocenters. The minimum absolute atomic E-state index is 0.114. The van der Waals surface area contributed by atoms with Gasteiger partial charge in [0, 0.05) is 18.3 Å². The maximum atomic E-state index is 9.67. The summed E-state index contributed by atoms with van der Waals surface area (Å²) in [7, 11) is -1.93. The lowest BCUT2D eigenvalue weighted by Gasteiger charge is -2.38. The normalized spacial score (nSPS) is 19.1. The first-order valence-corrected chi connectivity index (χ1v) is 12.9. The second-order valence-electron chi connectivity index (χ2n) is 8.70. The van der Waals surface area contributed by atoms with E-state index < -0.39 is 13.1 Å². The van der Waals surface area contributed by atoms with E-state index >= 15 is 0 Å². The summed E-state index contributed by atoms with van der Waals surface area (Å²) < 4.78 is 5.94. The molecule has 1 aromatic carbocycles. The molecule has 1 aliphatic heterocycles. The number of aromatic nitrogens is 2. The second kappa shape index (κ2) is 7.34. The molecular weight excluding hydrogens is 408 g/mol. The maximum Gasteiger partial charge on any atom is 0.222 e. The summed E-state index contributed by atoms with van der Waals surface area (Å²) in [5.74, 6) is 0. The molecule has 1 aromatic heterocycles. The fraction of sp³-hybridized carbons (Fsp3) is 0.450. The zero-order chi connectivity index (χ0) is 20.7. The van der Waals surface area contributed by atoms with Crippen molar-refractivity contribution in [2.75, 3.05) is 18.5 Å². The molecule has 0 spiro atoms. The van der Waals surface area contributed by atoms with E-state index in [0.717, 1.165) is 16.8 Å². The molecular formula is C20H25ClN4OSSi. The lowest BCUT2D eigenvalue weighted by atomic mass is 9.95. The van der Waals surface area contributed by atoms with E-state index in [4.69, 9.17) is 28.7 Å². The van der Waals surface area contributed by atoms with Gasteiger partial charge in [0.25, 0.3) is 0 Å². The highest BCUT2D eigenvalue weighted by molar-refractivity contribution is 7.81. The van der Waals surface area contributed by atoms with Gasteiger partial charge in [-0.05, 0) is 53.5 Å². The first kappa shape index (κ1) is 21.1. The third kappa shape index (κ3) is 3.92. The van der Waals surface area contributed by atoms with Gasteiger partial charge >= 0.3 is 0 Å². The highest BCUT2D eigenvalue weighted by atomic mass is 35.5. The maximum absolute atomic E-state index is 9.67. The molecule has 0 bridgehead atoms. The fourth-order valence-electron chi connectivity index (χ4n) is 2.91. The lowest BCUT2D eigenvalue weighted by Crippen LogP contribution is -2.44. The summed E-state index contributed by atoms with van der Waals surface area (Å²) in [6, 6.07) is 7.91. The Morgan fingerprint density at radius 3 is 2.71 bits per heavy atom. The molecule has 0 aliphatic carbocycles. The van der Waals surface area contributed by atoms with Crippen molar-refractivity contribution in [2.24, 2.45) is 0 Å². The highest BCUT2D eigenvalue weighted by Crippen LogP contribution is 2.45. The molecule has 0 saturated heterocycles. The van der Waals surface area contributed by atoms with Crippen LogP contribution in [0.4, 0.5) is 5.69 Å². The Morgan fingerprint density at radius 1 is 1.39 bits per heavy atom. The number of fused-ring (bicyclic) bond motifs is 1. The van der Waals surface area contributed by atoms with E-state index in [1.807, 2.05) is 12.1 Å². The van der Waals surface area contributed by atoms with Crippen molar-refractivity contribution < 1.29 is 4.43 Å². The smallest absolute Gasteiger partial charge is 0.222 e. The van der Waals surface area contributed by atoms with Gasteiger partial charge in [0.1, 0.15) is 6.07 Å². The molecule has 1 aliphatic rings. The molecule has 0 saturated carbocycles. The van der Waals surface area contributed by atoms with Gasteiger partial charge in [0.05, 0.1) is 28.3 Å². The van der Waals surface area contributed by atoms with E-state index in [1.165, 1.54) is 0 Å². The van der Waals surface area contributed by atoms with Crippen LogP contribution in [0.2, 0.25) is 23.4 Å². The number of hydrogen-bond donors (Lipinski definition) is 2. The van der Waals surface area contributed by atoms with Crippen molar-refractivity contribution in [3.63, 3.8) is 0 Å². The average molecular weight is 433 g/mol. The Morgan fingerprint density at radius 2 is 2.11 bits per heavy atom. The standard InChI is InChI=1S/C20H25ClN4OSSi/c1-19(2,3)28(4,5)26-12-20(27)11-24-17-14(10-22)8-13(9-15(17)20)16-6-7-23-18(21)25-16/h6-9,24,27H,11-12H2,1-5H3. The lowest BCUT2D eigenvalue weighted by molar-refractivity contribution is 0.257. The quantitative estimate of drug-likeness (QED) is 0.392. The minimum Gasteiger partial charge on any atom is -0.415 e. The van der Waals surface area contributed by atoms with Crippen LogP contribution in [0.5, 0.6) is 0 Å². The predicted molar refractivity (Wildman–Crippen MR) is 119 cm³/mol. The summed E-state index contributed by atoms with van der Waals surface area (Å²) in [5.41, 5.74) is 3.82. The van der Waals surface area contributed by atoms with Crippen LogP contribution in [0.15, 0.2) is 24.4 Å². The van der Waals surface area contributed by atoms with Crippen LogP contribution in [0.3, 0.4) is 0 Å². The summed E-state index contributed by atoms with van der Waals surface area (Å²) >= 11 is 11.0. The largest absolute Gasteiger partial charge is 0.415 e. The SMILES string of the molecule is CC(C)(C)[Si](C)(C)OCC1(S)CNc2c(C#N)cc(-c3ccnc(Cl)n3)cc21. The van der Waals surface area contributed by atoms with Crippen molar-refractivity contribution in [3.05, 3.63) is 40.8 Å². The summed E-state index contributed by atoms with van der Waals surface area (Å²) in [6.45, 7) is 12.2. The van der Waals surface area contributed by atoms with Crippen molar-refractivity contribution in [1.82, 2.24) is 9.97 Å². The number of nitrogens with one attached hydrogen (secondary N) is 1. The molecule has 0 amide bonds.